The van der Waals surface area contributed by atoms with Crippen molar-refractivity contribution in [3.05, 3.63) is 89.0 Å². The van der Waals surface area contributed by atoms with Gasteiger partial charge in [-0.3, -0.25) is 29.8 Å². The number of imide groups is 1. The van der Waals surface area contributed by atoms with Crippen molar-refractivity contribution in [1.29, 1.82) is 0 Å². The van der Waals surface area contributed by atoms with E-state index in [1.807, 2.05) is 6.07 Å². The number of fused-ring (bicyclic) bond motifs is 1. The molecule has 0 spiro atoms. The number of nitrogens with zero attached hydrogens (tertiary/aromatic N) is 8. The number of alkyl halides is 3. The molecule has 0 saturated carbocycles. The highest BCUT2D eigenvalue weighted by Crippen LogP contribution is 2.39. The van der Waals surface area contributed by atoms with Gasteiger partial charge < -0.3 is 14.4 Å². The second-order valence-corrected chi connectivity index (χ2v) is 14.8. The molecule has 2 aromatic carbocycles. The summed E-state index contributed by atoms with van der Waals surface area (Å²) in [6.45, 7) is 3.51. The topological polar surface area (TPSA) is 201 Å². The fraction of sp³-hybridized carbons (Fsp3) is 0.342. The van der Waals surface area contributed by atoms with Gasteiger partial charge in [0.05, 0.1) is 11.9 Å². The molecule has 0 bridgehead atoms. The lowest BCUT2D eigenvalue weighted by Gasteiger charge is -2.32. The van der Waals surface area contributed by atoms with E-state index in [4.69, 9.17) is 9.05 Å². The lowest BCUT2D eigenvalue weighted by atomic mass is 9.88. The van der Waals surface area contributed by atoms with Gasteiger partial charge in [0, 0.05) is 49.1 Å². The van der Waals surface area contributed by atoms with Gasteiger partial charge in [-0.15, -0.1) is 0 Å². The Morgan fingerprint density at radius 3 is 2.44 bits per heavy atom. The number of likely N-dealkylation sites (tertiary alicyclic amines) is 1. The van der Waals surface area contributed by atoms with Gasteiger partial charge >= 0.3 is 12.2 Å². The first-order chi connectivity index (χ1) is 28.1. The number of piperidine rings is 1. The van der Waals surface area contributed by atoms with Crippen LogP contribution in [-0.2, 0) is 23.3 Å². The third-order valence-electron chi connectivity index (χ3n) is 10.5. The van der Waals surface area contributed by atoms with Gasteiger partial charge in [0.2, 0.25) is 11.7 Å². The minimum atomic E-state index is -4.58. The van der Waals surface area contributed by atoms with Crippen LogP contribution in [0.1, 0.15) is 72.4 Å². The smallest absolute Gasteiger partial charge is 0.354 e. The predicted octanol–water partition coefficient (Wildman–Crippen LogP) is 5.93. The van der Waals surface area contributed by atoms with Gasteiger partial charge in [0.1, 0.15) is 22.9 Å². The molecule has 6 aromatic rings. The highest BCUT2D eigenvalue weighted by molar-refractivity contribution is 6.08. The first-order valence-corrected chi connectivity index (χ1v) is 18.4. The van der Waals surface area contributed by atoms with Crippen LogP contribution in [0.3, 0.4) is 0 Å². The number of H-pyrrole nitrogens is 1. The fourth-order valence-corrected chi connectivity index (χ4v) is 6.90. The van der Waals surface area contributed by atoms with E-state index < -0.39 is 46.9 Å². The Morgan fingerprint density at radius 2 is 1.73 bits per heavy atom. The Kier molecular flexibility index (Phi) is 10.1. The van der Waals surface area contributed by atoms with E-state index in [1.54, 1.807) is 12.1 Å². The zero-order valence-electron chi connectivity index (χ0n) is 31.4. The predicted molar refractivity (Wildman–Crippen MR) is 196 cm³/mol. The van der Waals surface area contributed by atoms with Crippen molar-refractivity contribution in [3.8, 4) is 22.6 Å². The number of nitrogens with one attached hydrogen (secondary N) is 3. The second-order valence-electron chi connectivity index (χ2n) is 14.8. The summed E-state index contributed by atoms with van der Waals surface area (Å²) in [7, 11) is 0. The van der Waals surface area contributed by atoms with Gasteiger partial charge in [0.25, 0.3) is 5.91 Å². The number of carbonyl (C=O) groups is 3. The first kappa shape index (κ1) is 39.2. The van der Waals surface area contributed by atoms with E-state index in [0.29, 0.717) is 54.6 Å². The van der Waals surface area contributed by atoms with Gasteiger partial charge in [-0.05, 0) is 75.0 Å². The number of aromatic amines is 1. The molecule has 2 fully saturated rings. The molecule has 3 N–H and O–H groups in total. The maximum atomic E-state index is 15.5. The third kappa shape index (κ3) is 7.84. The zero-order valence-corrected chi connectivity index (χ0v) is 31.4. The molecule has 6 heterocycles. The number of amides is 4. The molecule has 0 atom stereocenters. The van der Waals surface area contributed by atoms with Crippen LogP contribution >= 0.6 is 0 Å². The molecule has 4 amide bonds. The van der Waals surface area contributed by atoms with Crippen LogP contribution in [0.25, 0.3) is 33.6 Å². The minimum Gasteiger partial charge on any atom is -0.354 e. The minimum absolute atomic E-state index is 0.00602. The van der Waals surface area contributed by atoms with E-state index in [0.717, 1.165) is 19.4 Å². The number of halogens is 5. The molecule has 0 radical (unpaired) electrons. The quantitative estimate of drug-likeness (QED) is 0.138. The van der Waals surface area contributed by atoms with Gasteiger partial charge in [-0.1, -0.05) is 22.4 Å². The molecule has 16 nitrogen and oxygen atoms in total. The Hall–Kier alpha value is -6.64. The van der Waals surface area contributed by atoms with Crippen LogP contribution in [0, 0.1) is 11.6 Å². The van der Waals surface area contributed by atoms with Crippen molar-refractivity contribution < 1.29 is 45.4 Å². The Balaban J connectivity index is 0.845. The molecule has 2 aliphatic rings. The van der Waals surface area contributed by atoms with Crippen LogP contribution in [0.4, 0.5) is 32.6 Å². The average Bonchev–Trinajstić information content (AvgIpc) is 3.98. The lowest BCUT2D eigenvalue weighted by molar-refractivity contribution is -0.182. The number of aromatic nitrogens is 7. The highest BCUT2D eigenvalue weighted by Gasteiger charge is 2.51. The van der Waals surface area contributed by atoms with E-state index in [-0.39, 0.29) is 59.9 Å². The maximum absolute atomic E-state index is 15.5. The zero-order chi connectivity index (χ0) is 41.6. The number of urea groups is 1. The van der Waals surface area contributed by atoms with Crippen LogP contribution in [0.2, 0.25) is 0 Å². The molecule has 2 saturated heterocycles. The van der Waals surface area contributed by atoms with Crippen LogP contribution in [-0.4, -0.2) is 84.0 Å². The monoisotopic (exact) mass is 819 g/mol. The summed E-state index contributed by atoms with van der Waals surface area (Å²) in [5.74, 6) is -2.54. The summed E-state index contributed by atoms with van der Waals surface area (Å²) in [5, 5.41) is 18.9. The molecule has 59 heavy (non-hydrogen) atoms. The Morgan fingerprint density at radius 1 is 0.966 bits per heavy atom. The van der Waals surface area contributed by atoms with Crippen LogP contribution in [0.15, 0.2) is 57.8 Å². The normalized spacial score (nSPS) is 15.9. The molecule has 8 rings (SSSR count). The van der Waals surface area contributed by atoms with Crippen molar-refractivity contribution in [2.24, 2.45) is 0 Å². The molecule has 0 unspecified atom stereocenters. The van der Waals surface area contributed by atoms with E-state index in [9.17, 15) is 27.6 Å². The highest BCUT2D eigenvalue weighted by atomic mass is 19.4. The summed E-state index contributed by atoms with van der Waals surface area (Å²) >= 11 is 0. The summed E-state index contributed by atoms with van der Waals surface area (Å²) < 4.78 is 81.4. The number of benzene rings is 2. The third-order valence-corrected chi connectivity index (χ3v) is 10.5. The summed E-state index contributed by atoms with van der Waals surface area (Å²) in [6.07, 6.45) is -0.360. The molecule has 306 valence electrons. The Bertz CT molecular complexity index is 2560. The Labute approximate surface area is 330 Å². The van der Waals surface area contributed by atoms with Crippen molar-refractivity contribution in [2.75, 3.05) is 24.5 Å². The number of hydrogen-bond acceptors (Lipinski definition) is 12. The maximum Gasteiger partial charge on any atom is 0.401 e. The first-order valence-electron chi connectivity index (χ1n) is 18.4. The largest absolute Gasteiger partial charge is 0.401 e. The van der Waals surface area contributed by atoms with Gasteiger partial charge in [0.15, 0.2) is 28.7 Å². The summed E-state index contributed by atoms with van der Waals surface area (Å²) in [5.41, 5.74) is 0.0626. The van der Waals surface area contributed by atoms with E-state index in [1.165, 1.54) is 35.5 Å². The van der Waals surface area contributed by atoms with Crippen molar-refractivity contribution >= 4 is 34.6 Å². The number of anilines is 1. The van der Waals surface area contributed by atoms with Crippen molar-refractivity contribution in [1.82, 2.24) is 51.0 Å². The van der Waals surface area contributed by atoms with Crippen molar-refractivity contribution in [3.63, 3.8) is 0 Å². The van der Waals surface area contributed by atoms with Gasteiger partial charge in [-0.2, -0.15) is 18.3 Å². The van der Waals surface area contributed by atoms with Gasteiger partial charge in [-0.25, -0.2) is 28.5 Å². The molecule has 4 aromatic heterocycles. The van der Waals surface area contributed by atoms with Crippen molar-refractivity contribution in [2.45, 2.75) is 63.7 Å². The average molecular weight is 820 g/mol. The molecule has 21 heteroatoms. The lowest BCUT2D eigenvalue weighted by Crippen LogP contribution is -2.49. The van der Waals surface area contributed by atoms with Crippen LogP contribution in [0.5, 0.6) is 0 Å². The molecule has 0 aliphatic carbocycles. The summed E-state index contributed by atoms with van der Waals surface area (Å²) in [4.78, 5) is 52.3. The van der Waals surface area contributed by atoms with Crippen LogP contribution < -0.4 is 15.5 Å². The molecular formula is C38H34F5N11O5. The second kappa shape index (κ2) is 15.3. The fourth-order valence-electron chi connectivity index (χ4n) is 6.90. The standard InChI is InChI=1S/C38H34F5N11O5/c1-37(2,38(41,42)43)35-47-30(49-50-35)17-46-34(56)29-14-27(51-59-29)32-44-15-21(16-45-32)22-4-3-19(11-25(22)39)18-53-8-5-20(6-9-53)23-13-28-24(12-26(23)40)33(52-58-28)54-10-7-31(55)48-36(54)57/h3-4,11-16,20H,5-10,17-18H2,1-2H3,(H,46,56)(H,47,49,50)(H,48,55,57). The molecule has 2 aliphatic heterocycles. The van der Waals surface area contributed by atoms with E-state index in [2.05, 4.69) is 51.0 Å². The van der Waals surface area contributed by atoms with E-state index >= 15 is 8.78 Å². The number of carbonyl (C=O) groups excluding carboxylic acids is 3. The number of hydrogen-bond donors (Lipinski definition) is 3. The number of rotatable bonds is 10. The summed E-state index contributed by atoms with van der Waals surface area (Å²) in [6, 6.07) is 8.48. The molecular weight excluding hydrogens is 785 g/mol. The SMILES string of the molecule is CC(C)(c1n[nH]c(CNC(=O)c2cc(-c3ncc(-c4ccc(CN5CCC(c6cc7onc(N8CCC(=O)NC8=O)c7cc6F)CC5)cc4F)cn3)no2)n1)C(F)(F)F.